The molecule has 5 heteroatoms. The van der Waals surface area contributed by atoms with E-state index < -0.39 is 0 Å². The third-order valence-electron chi connectivity index (χ3n) is 3.76. The standard InChI is InChI=1S/C18H15N3OS/c1-2-19-17(22)13-8-9-15-16(10-13)23-18-20-14(11-21(15)18)12-6-4-3-5-7-12/h3-11H,2H2,1H3,(H,19,22). The maximum atomic E-state index is 12.0. The van der Waals surface area contributed by atoms with Crippen LogP contribution in [0, 0.1) is 0 Å². The Balaban J connectivity index is 1.81. The number of fused-ring (bicyclic) bond motifs is 3. The van der Waals surface area contributed by atoms with Crippen molar-refractivity contribution in [3.63, 3.8) is 0 Å². The molecule has 2 aromatic heterocycles. The Kier molecular flexibility index (Phi) is 3.35. The third-order valence-corrected chi connectivity index (χ3v) is 4.78. The summed E-state index contributed by atoms with van der Waals surface area (Å²) in [5.74, 6) is -0.0367. The fourth-order valence-corrected chi connectivity index (χ4v) is 3.70. The van der Waals surface area contributed by atoms with Crippen molar-refractivity contribution in [1.82, 2.24) is 14.7 Å². The summed E-state index contributed by atoms with van der Waals surface area (Å²) in [7, 11) is 0. The highest BCUT2D eigenvalue weighted by Crippen LogP contribution is 2.30. The zero-order chi connectivity index (χ0) is 15.8. The van der Waals surface area contributed by atoms with Crippen LogP contribution in [0.3, 0.4) is 0 Å². The Labute approximate surface area is 137 Å². The predicted molar refractivity (Wildman–Crippen MR) is 94.0 cm³/mol. The first-order valence-corrected chi connectivity index (χ1v) is 8.33. The second kappa shape index (κ2) is 5.52. The Morgan fingerprint density at radius 1 is 1.22 bits per heavy atom. The van der Waals surface area contributed by atoms with E-state index in [4.69, 9.17) is 4.98 Å². The molecular formula is C18H15N3OS. The van der Waals surface area contributed by atoms with Crippen LogP contribution < -0.4 is 5.32 Å². The van der Waals surface area contributed by atoms with Crippen LogP contribution in [0.4, 0.5) is 0 Å². The van der Waals surface area contributed by atoms with E-state index in [0.29, 0.717) is 12.1 Å². The van der Waals surface area contributed by atoms with Crippen molar-refractivity contribution in [3.8, 4) is 11.3 Å². The van der Waals surface area contributed by atoms with Gasteiger partial charge in [-0.3, -0.25) is 9.20 Å². The highest BCUT2D eigenvalue weighted by atomic mass is 32.1. The minimum Gasteiger partial charge on any atom is -0.352 e. The third kappa shape index (κ3) is 2.39. The lowest BCUT2D eigenvalue weighted by Crippen LogP contribution is -2.22. The van der Waals surface area contributed by atoms with Crippen LogP contribution in [0.2, 0.25) is 0 Å². The molecule has 4 aromatic rings. The number of hydrogen-bond donors (Lipinski definition) is 1. The van der Waals surface area contributed by atoms with E-state index in [1.807, 2.05) is 43.3 Å². The monoisotopic (exact) mass is 321 g/mol. The average molecular weight is 321 g/mol. The number of hydrogen-bond acceptors (Lipinski definition) is 3. The van der Waals surface area contributed by atoms with Crippen molar-refractivity contribution in [2.45, 2.75) is 6.92 Å². The van der Waals surface area contributed by atoms with Crippen molar-refractivity contribution < 1.29 is 4.79 Å². The quantitative estimate of drug-likeness (QED) is 0.621. The largest absolute Gasteiger partial charge is 0.352 e. The van der Waals surface area contributed by atoms with Crippen LogP contribution in [0.25, 0.3) is 26.4 Å². The highest BCUT2D eigenvalue weighted by Gasteiger charge is 2.12. The molecule has 2 aromatic carbocycles. The van der Waals surface area contributed by atoms with Gasteiger partial charge in [0.25, 0.3) is 5.91 Å². The molecule has 2 heterocycles. The summed E-state index contributed by atoms with van der Waals surface area (Å²) in [4.78, 5) is 17.6. The molecule has 1 N–H and O–H groups in total. The molecule has 4 rings (SSSR count). The summed E-state index contributed by atoms with van der Waals surface area (Å²) in [5.41, 5.74) is 3.84. The molecule has 0 radical (unpaired) electrons. The fourth-order valence-electron chi connectivity index (χ4n) is 2.65. The zero-order valence-electron chi connectivity index (χ0n) is 12.6. The summed E-state index contributed by atoms with van der Waals surface area (Å²) in [6.45, 7) is 2.55. The lowest BCUT2D eigenvalue weighted by molar-refractivity contribution is 0.0956. The second-order valence-electron chi connectivity index (χ2n) is 5.29. The smallest absolute Gasteiger partial charge is 0.251 e. The number of imidazole rings is 1. The molecule has 0 bridgehead atoms. The van der Waals surface area contributed by atoms with Crippen LogP contribution in [-0.4, -0.2) is 21.8 Å². The van der Waals surface area contributed by atoms with Crippen LogP contribution in [0.1, 0.15) is 17.3 Å². The van der Waals surface area contributed by atoms with Gasteiger partial charge < -0.3 is 5.32 Å². The number of carbonyl (C=O) groups is 1. The summed E-state index contributed by atoms with van der Waals surface area (Å²) in [6, 6.07) is 15.9. The molecule has 1 amide bonds. The lowest BCUT2D eigenvalue weighted by atomic mass is 10.2. The fraction of sp³-hybridized carbons (Fsp3) is 0.111. The van der Waals surface area contributed by atoms with E-state index in [-0.39, 0.29) is 5.91 Å². The second-order valence-corrected chi connectivity index (χ2v) is 6.30. The van der Waals surface area contributed by atoms with E-state index in [1.165, 1.54) is 0 Å². The zero-order valence-corrected chi connectivity index (χ0v) is 13.4. The molecule has 0 fully saturated rings. The van der Waals surface area contributed by atoms with Gasteiger partial charge in [0.1, 0.15) is 0 Å². The molecule has 0 aliphatic heterocycles. The van der Waals surface area contributed by atoms with E-state index in [2.05, 4.69) is 28.0 Å². The Morgan fingerprint density at radius 3 is 2.83 bits per heavy atom. The Morgan fingerprint density at radius 2 is 2.04 bits per heavy atom. The van der Waals surface area contributed by atoms with E-state index >= 15 is 0 Å². The van der Waals surface area contributed by atoms with Crippen LogP contribution in [0.5, 0.6) is 0 Å². The summed E-state index contributed by atoms with van der Waals surface area (Å²) in [6.07, 6.45) is 2.05. The molecule has 0 spiro atoms. The molecule has 23 heavy (non-hydrogen) atoms. The van der Waals surface area contributed by atoms with Gasteiger partial charge in [-0.1, -0.05) is 41.7 Å². The first kappa shape index (κ1) is 14.0. The van der Waals surface area contributed by atoms with Gasteiger partial charge in [0.15, 0.2) is 4.96 Å². The lowest BCUT2D eigenvalue weighted by Gasteiger charge is -2.01. The number of nitrogens with one attached hydrogen (secondary N) is 1. The highest BCUT2D eigenvalue weighted by molar-refractivity contribution is 7.23. The van der Waals surface area contributed by atoms with Gasteiger partial charge in [-0.05, 0) is 25.1 Å². The topological polar surface area (TPSA) is 46.4 Å². The minimum atomic E-state index is -0.0367. The van der Waals surface area contributed by atoms with Crippen molar-refractivity contribution in [1.29, 1.82) is 0 Å². The van der Waals surface area contributed by atoms with Crippen LogP contribution in [-0.2, 0) is 0 Å². The van der Waals surface area contributed by atoms with Crippen molar-refractivity contribution >= 4 is 32.4 Å². The number of benzene rings is 2. The Bertz CT molecular complexity index is 1000. The van der Waals surface area contributed by atoms with Crippen molar-refractivity contribution in [3.05, 3.63) is 60.3 Å². The molecule has 0 saturated carbocycles. The number of aromatic nitrogens is 2. The van der Waals surface area contributed by atoms with Gasteiger partial charge in [0, 0.05) is 23.9 Å². The SMILES string of the molecule is CCNC(=O)c1ccc2c(c1)sc1nc(-c3ccccc3)cn12. The van der Waals surface area contributed by atoms with Gasteiger partial charge in [-0.15, -0.1) is 0 Å². The molecule has 0 atom stereocenters. The number of nitrogens with zero attached hydrogens (tertiary/aromatic N) is 2. The average Bonchev–Trinajstić information content (AvgIpc) is 3.13. The summed E-state index contributed by atoms with van der Waals surface area (Å²) in [5, 5.41) is 2.83. The molecule has 4 nitrogen and oxygen atoms in total. The van der Waals surface area contributed by atoms with E-state index in [1.54, 1.807) is 11.3 Å². The van der Waals surface area contributed by atoms with Crippen molar-refractivity contribution in [2.75, 3.05) is 6.54 Å². The summed E-state index contributed by atoms with van der Waals surface area (Å²) >= 11 is 1.60. The number of rotatable bonds is 3. The van der Waals surface area contributed by atoms with Crippen LogP contribution in [0.15, 0.2) is 54.7 Å². The van der Waals surface area contributed by atoms with Crippen molar-refractivity contribution in [2.24, 2.45) is 0 Å². The maximum absolute atomic E-state index is 12.0. The van der Waals surface area contributed by atoms with Gasteiger partial charge in [-0.25, -0.2) is 4.98 Å². The normalized spacial score (nSPS) is 11.2. The molecular weight excluding hydrogens is 306 g/mol. The van der Waals surface area contributed by atoms with Gasteiger partial charge in [0.05, 0.1) is 15.9 Å². The maximum Gasteiger partial charge on any atom is 0.251 e. The van der Waals surface area contributed by atoms with E-state index in [0.717, 1.165) is 26.4 Å². The van der Waals surface area contributed by atoms with Gasteiger partial charge in [0.2, 0.25) is 0 Å². The minimum absolute atomic E-state index is 0.0367. The first-order valence-electron chi connectivity index (χ1n) is 7.51. The Hall–Kier alpha value is -2.66. The molecule has 0 aliphatic rings. The molecule has 114 valence electrons. The first-order chi connectivity index (χ1) is 11.3. The molecule has 0 saturated heterocycles. The number of carbonyl (C=O) groups excluding carboxylic acids is 1. The number of thiazole rings is 1. The van der Waals surface area contributed by atoms with Gasteiger partial charge in [-0.2, -0.15) is 0 Å². The van der Waals surface area contributed by atoms with Crippen LogP contribution >= 0.6 is 11.3 Å². The molecule has 0 aliphatic carbocycles. The predicted octanol–water partition coefficient (Wildman–Crippen LogP) is 3.97. The number of amides is 1. The molecule has 0 unspecified atom stereocenters. The van der Waals surface area contributed by atoms with E-state index in [9.17, 15) is 4.79 Å². The van der Waals surface area contributed by atoms with Gasteiger partial charge >= 0.3 is 0 Å². The summed E-state index contributed by atoms with van der Waals surface area (Å²) < 4.78 is 3.15.